The minimum Gasteiger partial charge on any atom is -0.486 e. The van der Waals surface area contributed by atoms with Crippen molar-refractivity contribution in [3.05, 3.63) is 23.8 Å². The van der Waals surface area contributed by atoms with Gasteiger partial charge in [0.05, 0.1) is 18.3 Å². The lowest BCUT2D eigenvalue weighted by Crippen LogP contribution is -2.38. The molecule has 4 nitrogen and oxygen atoms in total. The largest absolute Gasteiger partial charge is 0.486 e. The third-order valence-corrected chi connectivity index (χ3v) is 3.97. The Morgan fingerprint density at radius 2 is 2.00 bits per heavy atom. The van der Waals surface area contributed by atoms with Gasteiger partial charge in [0.1, 0.15) is 13.2 Å². The molecule has 1 aromatic carbocycles. The average molecular weight is 264 g/mol. The van der Waals surface area contributed by atoms with Crippen molar-refractivity contribution in [3.8, 4) is 11.5 Å². The van der Waals surface area contributed by atoms with Crippen molar-refractivity contribution in [2.75, 3.05) is 19.8 Å². The summed E-state index contributed by atoms with van der Waals surface area (Å²) in [4.78, 5) is 0. The van der Waals surface area contributed by atoms with E-state index < -0.39 is 5.60 Å². The standard InChI is InChI=1S/C15H20O4/c1-2-12-10-15(16,5-6-17-12)11-3-4-13-14(9-11)19-8-7-18-13/h3-4,9,12,16H,2,5-8,10H2,1H3. The van der Waals surface area contributed by atoms with E-state index in [1.165, 1.54) is 0 Å². The Balaban J connectivity index is 1.88. The minimum absolute atomic E-state index is 0.131. The molecule has 0 aliphatic carbocycles. The molecule has 1 N–H and O–H groups in total. The zero-order valence-corrected chi connectivity index (χ0v) is 11.2. The van der Waals surface area contributed by atoms with Crippen molar-refractivity contribution in [1.82, 2.24) is 0 Å². The fraction of sp³-hybridized carbons (Fsp3) is 0.600. The first kappa shape index (κ1) is 12.8. The van der Waals surface area contributed by atoms with Crippen LogP contribution in [0.2, 0.25) is 0 Å². The molecule has 19 heavy (non-hydrogen) atoms. The predicted octanol–water partition coefficient (Wildman–Crippen LogP) is 2.23. The molecule has 1 aromatic rings. The molecule has 0 amide bonds. The third kappa shape index (κ3) is 2.42. The normalized spacial score (nSPS) is 30.1. The number of ether oxygens (including phenoxy) is 3. The van der Waals surface area contributed by atoms with Crippen LogP contribution < -0.4 is 9.47 Å². The average Bonchev–Trinajstić information content (AvgIpc) is 2.46. The number of hydrogen-bond donors (Lipinski definition) is 1. The summed E-state index contributed by atoms with van der Waals surface area (Å²) in [6, 6.07) is 5.73. The summed E-state index contributed by atoms with van der Waals surface area (Å²) in [5.74, 6) is 1.49. The predicted molar refractivity (Wildman–Crippen MR) is 70.6 cm³/mol. The minimum atomic E-state index is -0.811. The van der Waals surface area contributed by atoms with Crippen molar-refractivity contribution in [3.63, 3.8) is 0 Å². The summed E-state index contributed by atoms with van der Waals surface area (Å²) in [5.41, 5.74) is 0.0906. The summed E-state index contributed by atoms with van der Waals surface area (Å²) in [6.07, 6.45) is 2.33. The highest BCUT2D eigenvalue weighted by atomic mass is 16.6. The van der Waals surface area contributed by atoms with Gasteiger partial charge >= 0.3 is 0 Å². The second-order valence-electron chi connectivity index (χ2n) is 5.25. The van der Waals surface area contributed by atoms with E-state index in [1.807, 2.05) is 18.2 Å². The van der Waals surface area contributed by atoms with Crippen LogP contribution in [0.25, 0.3) is 0 Å². The first-order valence-electron chi connectivity index (χ1n) is 6.95. The second-order valence-corrected chi connectivity index (χ2v) is 5.25. The monoisotopic (exact) mass is 264 g/mol. The molecule has 2 unspecified atom stereocenters. The molecule has 0 aromatic heterocycles. The van der Waals surface area contributed by atoms with Gasteiger partial charge in [-0.1, -0.05) is 13.0 Å². The Labute approximate surface area is 113 Å². The maximum absolute atomic E-state index is 10.9. The van der Waals surface area contributed by atoms with E-state index in [9.17, 15) is 5.11 Å². The molecule has 2 aliphatic rings. The van der Waals surface area contributed by atoms with E-state index in [4.69, 9.17) is 14.2 Å². The molecule has 1 saturated heterocycles. The summed E-state index contributed by atoms with van der Waals surface area (Å²) < 4.78 is 16.7. The summed E-state index contributed by atoms with van der Waals surface area (Å²) in [6.45, 7) is 3.83. The van der Waals surface area contributed by atoms with Gasteiger partial charge in [-0.15, -0.1) is 0 Å². The van der Waals surface area contributed by atoms with Crippen LogP contribution in [0.4, 0.5) is 0 Å². The molecule has 2 aliphatic heterocycles. The van der Waals surface area contributed by atoms with Crippen molar-refractivity contribution >= 4 is 0 Å². The number of rotatable bonds is 2. The van der Waals surface area contributed by atoms with E-state index in [1.54, 1.807) is 0 Å². The van der Waals surface area contributed by atoms with Gasteiger partial charge in [-0.05, 0) is 24.1 Å². The Morgan fingerprint density at radius 3 is 2.79 bits per heavy atom. The Morgan fingerprint density at radius 1 is 1.21 bits per heavy atom. The van der Waals surface area contributed by atoms with E-state index in [0.29, 0.717) is 32.7 Å². The first-order valence-corrected chi connectivity index (χ1v) is 6.95. The Bertz CT molecular complexity index is 459. The topological polar surface area (TPSA) is 47.9 Å². The Kier molecular flexibility index (Phi) is 3.37. The quantitative estimate of drug-likeness (QED) is 0.890. The zero-order chi connectivity index (χ0) is 13.3. The van der Waals surface area contributed by atoms with E-state index in [0.717, 1.165) is 23.5 Å². The van der Waals surface area contributed by atoms with Crippen molar-refractivity contribution in [1.29, 1.82) is 0 Å². The van der Waals surface area contributed by atoms with E-state index >= 15 is 0 Å². The first-order chi connectivity index (χ1) is 9.21. The van der Waals surface area contributed by atoms with Gasteiger partial charge < -0.3 is 19.3 Å². The van der Waals surface area contributed by atoms with Crippen LogP contribution in [0.3, 0.4) is 0 Å². The maximum atomic E-state index is 10.9. The molecule has 2 atom stereocenters. The maximum Gasteiger partial charge on any atom is 0.161 e. The Hall–Kier alpha value is -1.26. The fourth-order valence-electron chi connectivity index (χ4n) is 2.79. The van der Waals surface area contributed by atoms with Crippen molar-refractivity contribution < 1.29 is 19.3 Å². The van der Waals surface area contributed by atoms with Gasteiger partial charge in [0.25, 0.3) is 0 Å². The molecule has 1 fully saturated rings. The van der Waals surface area contributed by atoms with Gasteiger partial charge in [0.15, 0.2) is 11.5 Å². The number of hydrogen-bond acceptors (Lipinski definition) is 4. The molecule has 0 saturated carbocycles. The number of aliphatic hydroxyl groups is 1. The van der Waals surface area contributed by atoms with Gasteiger partial charge in [0.2, 0.25) is 0 Å². The van der Waals surface area contributed by atoms with Crippen LogP contribution in [0.1, 0.15) is 31.7 Å². The summed E-state index contributed by atoms with van der Waals surface area (Å²) in [7, 11) is 0. The number of fused-ring (bicyclic) bond motifs is 1. The highest BCUT2D eigenvalue weighted by molar-refractivity contribution is 5.45. The van der Waals surface area contributed by atoms with Crippen LogP contribution >= 0.6 is 0 Å². The molecule has 2 heterocycles. The zero-order valence-electron chi connectivity index (χ0n) is 11.2. The van der Waals surface area contributed by atoms with Gasteiger partial charge in [-0.3, -0.25) is 0 Å². The molecular weight excluding hydrogens is 244 g/mol. The highest BCUT2D eigenvalue weighted by Crippen LogP contribution is 2.40. The third-order valence-electron chi connectivity index (χ3n) is 3.97. The molecule has 3 rings (SSSR count). The molecular formula is C15H20O4. The van der Waals surface area contributed by atoms with E-state index in [-0.39, 0.29) is 6.10 Å². The van der Waals surface area contributed by atoms with Gasteiger partial charge in [-0.2, -0.15) is 0 Å². The van der Waals surface area contributed by atoms with Crippen LogP contribution in [0.5, 0.6) is 11.5 Å². The lowest BCUT2D eigenvalue weighted by molar-refractivity contribution is -0.108. The van der Waals surface area contributed by atoms with Gasteiger partial charge in [0, 0.05) is 12.8 Å². The molecule has 0 bridgehead atoms. The molecule has 104 valence electrons. The smallest absolute Gasteiger partial charge is 0.161 e. The second kappa shape index (κ2) is 5.02. The van der Waals surface area contributed by atoms with Crippen LogP contribution in [-0.4, -0.2) is 31.0 Å². The summed E-state index contributed by atoms with van der Waals surface area (Å²) in [5, 5.41) is 10.9. The molecule has 0 spiro atoms. The van der Waals surface area contributed by atoms with E-state index in [2.05, 4.69) is 6.92 Å². The lowest BCUT2D eigenvalue weighted by atomic mass is 9.83. The van der Waals surface area contributed by atoms with Crippen molar-refractivity contribution in [2.45, 2.75) is 37.9 Å². The fourth-order valence-corrected chi connectivity index (χ4v) is 2.79. The van der Waals surface area contributed by atoms with Gasteiger partial charge in [-0.25, -0.2) is 0 Å². The summed E-state index contributed by atoms with van der Waals surface area (Å²) >= 11 is 0. The molecule has 0 radical (unpaired) electrons. The van der Waals surface area contributed by atoms with Crippen LogP contribution in [0, 0.1) is 0 Å². The van der Waals surface area contributed by atoms with Crippen LogP contribution in [-0.2, 0) is 10.3 Å². The lowest BCUT2D eigenvalue weighted by Gasteiger charge is -2.37. The SMILES string of the molecule is CCC1CC(O)(c2ccc3c(c2)OCCO3)CCO1. The molecule has 4 heteroatoms. The van der Waals surface area contributed by atoms with Crippen LogP contribution in [0.15, 0.2) is 18.2 Å². The highest BCUT2D eigenvalue weighted by Gasteiger charge is 2.36. The number of benzene rings is 1. The van der Waals surface area contributed by atoms with Crippen molar-refractivity contribution in [2.24, 2.45) is 0 Å².